The van der Waals surface area contributed by atoms with Gasteiger partial charge in [0.25, 0.3) is 0 Å². The molecule has 0 fully saturated rings. The summed E-state index contributed by atoms with van der Waals surface area (Å²) in [7, 11) is 0. The van der Waals surface area contributed by atoms with Crippen molar-refractivity contribution in [2.24, 2.45) is 0 Å². The van der Waals surface area contributed by atoms with Crippen LogP contribution in [0.4, 0.5) is 23.4 Å². The third-order valence-electron chi connectivity index (χ3n) is 5.20. The van der Waals surface area contributed by atoms with Gasteiger partial charge in [0.15, 0.2) is 0 Å². The van der Waals surface area contributed by atoms with Crippen LogP contribution in [0.1, 0.15) is 68.2 Å². The number of carboxylic acids is 1. The Morgan fingerprint density at radius 3 is 2.28 bits per heavy atom. The molecule has 0 bridgehead atoms. The highest BCUT2D eigenvalue weighted by atomic mass is 19.4. The van der Waals surface area contributed by atoms with E-state index in [1.165, 1.54) is 36.9 Å². The molecule has 32 heavy (non-hydrogen) atoms. The maximum absolute atomic E-state index is 12.1. The van der Waals surface area contributed by atoms with Crippen molar-refractivity contribution in [2.75, 3.05) is 11.9 Å². The Morgan fingerprint density at radius 1 is 0.969 bits per heavy atom. The number of rotatable bonds is 9. The number of aromatic nitrogens is 1. The number of halogens is 4. The van der Waals surface area contributed by atoms with E-state index in [9.17, 15) is 22.4 Å². The fourth-order valence-corrected chi connectivity index (χ4v) is 3.44. The quantitative estimate of drug-likeness (QED) is 0.329. The Morgan fingerprint density at radius 2 is 1.62 bits per heavy atom. The number of anilines is 1. The largest absolute Gasteiger partial charge is 0.481 e. The normalized spacial score (nSPS) is 12.9. The number of unbranched alkanes of at least 4 members (excludes halogenated alkanes) is 5. The molecule has 176 valence electrons. The van der Waals surface area contributed by atoms with Crippen molar-refractivity contribution in [1.29, 1.82) is 0 Å². The summed E-state index contributed by atoms with van der Waals surface area (Å²) in [5.74, 6) is -0.257. The standard InChI is InChI=1S/C17H26N2O2.C7H4F4/c20-16(21)10-6-4-2-1-3-5-9-15-12-11-14-8-7-13-18-17(14)19-15;8-6-3-1-5(2-4-6)7(9,10)11/h11-12H,1-10,13H2,(H,18,19)(H,20,21);1-4H. The van der Waals surface area contributed by atoms with Gasteiger partial charge in [0.1, 0.15) is 11.6 Å². The van der Waals surface area contributed by atoms with Gasteiger partial charge in [-0.15, -0.1) is 0 Å². The highest BCUT2D eigenvalue weighted by Crippen LogP contribution is 2.28. The number of nitrogens with one attached hydrogen (secondary N) is 1. The number of fused-ring (bicyclic) bond motifs is 1. The molecule has 2 aromatic rings. The van der Waals surface area contributed by atoms with Crippen LogP contribution < -0.4 is 5.32 Å². The molecule has 0 saturated carbocycles. The molecule has 1 aromatic carbocycles. The lowest BCUT2D eigenvalue weighted by atomic mass is 10.0. The van der Waals surface area contributed by atoms with Crippen LogP contribution >= 0.6 is 0 Å². The molecule has 4 nitrogen and oxygen atoms in total. The van der Waals surface area contributed by atoms with Gasteiger partial charge in [0.2, 0.25) is 0 Å². The zero-order valence-electron chi connectivity index (χ0n) is 18.1. The lowest BCUT2D eigenvalue weighted by Gasteiger charge is -2.17. The molecule has 3 rings (SSSR count). The Balaban J connectivity index is 0.000000278. The van der Waals surface area contributed by atoms with E-state index in [-0.39, 0.29) is 0 Å². The molecule has 0 saturated heterocycles. The number of alkyl halides is 3. The third-order valence-corrected chi connectivity index (χ3v) is 5.20. The Bertz CT molecular complexity index is 839. The van der Waals surface area contributed by atoms with Crippen molar-refractivity contribution in [3.8, 4) is 0 Å². The molecule has 2 N–H and O–H groups in total. The summed E-state index contributed by atoms with van der Waals surface area (Å²) in [4.78, 5) is 15.1. The fourth-order valence-electron chi connectivity index (χ4n) is 3.44. The molecule has 1 aromatic heterocycles. The second kappa shape index (κ2) is 13.0. The van der Waals surface area contributed by atoms with E-state index in [0.717, 1.165) is 56.6 Å². The van der Waals surface area contributed by atoms with Gasteiger partial charge in [-0.2, -0.15) is 13.2 Å². The van der Waals surface area contributed by atoms with Crippen molar-refractivity contribution in [2.45, 2.75) is 70.4 Å². The summed E-state index contributed by atoms with van der Waals surface area (Å²) in [5, 5.41) is 11.9. The summed E-state index contributed by atoms with van der Waals surface area (Å²) in [6, 6.07) is 7.35. The monoisotopic (exact) mass is 454 g/mol. The van der Waals surface area contributed by atoms with E-state index in [1.54, 1.807) is 0 Å². The topological polar surface area (TPSA) is 62.2 Å². The van der Waals surface area contributed by atoms with E-state index in [0.29, 0.717) is 18.6 Å². The second-order valence-electron chi connectivity index (χ2n) is 7.86. The molecule has 2 heterocycles. The minimum absolute atomic E-state index is 0.312. The summed E-state index contributed by atoms with van der Waals surface area (Å²) < 4.78 is 47.5. The molecule has 0 amide bonds. The first-order chi connectivity index (χ1) is 15.3. The summed E-state index contributed by atoms with van der Waals surface area (Å²) in [6.45, 7) is 1.04. The lowest BCUT2D eigenvalue weighted by molar-refractivity contribution is -0.138. The molecule has 8 heteroatoms. The molecule has 0 unspecified atom stereocenters. The van der Waals surface area contributed by atoms with Crippen LogP contribution in [0.2, 0.25) is 0 Å². The van der Waals surface area contributed by atoms with Crippen LogP contribution in [0.25, 0.3) is 0 Å². The maximum Gasteiger partial charge on any atom is 0.416 e. The van der Waals surface area contributed by atoms with Crippen molar-refractivity contribution in [3.63, 3.8) is 0 Å². The number of hydrogen-bond donors (Lipinski definition) is 2. The van der Waals surface area contributed by atoms with Gasteiger partial charge in [0.05, 0.1) is 5.56 Å². The predicted molar refractivity (Wildman–Crippen MR) is 116 cm³/mol. The highest BCUT2D eigenvalue weighted by molar-refractivity contribution is 5.66. The Hall–Kier alpha value is -2.64. The minimum Gasteiger partial charge on any atom is -0.481 e. The molecule has 0 radical (unpaired) electrons. The number of benzene rings is 1. The molecule has 1 aliphatic heterocycles. The molecule has 0 atom stereocenters. The second-order valence-corrected chi connectivity index (χ2v) is 7.86. The van der Waals surface area contributed by atoms with Gasteiger partial charge < -0.3 is 10.4 Å². The van der Waals surface area contributed by atoms with Crippen LogP contribution in [0.3, 0.4) is 0 Å². The van der Waals surface area contributed by atoms with Gasteiger partial charge in [-0.1, -0.05) is 31.7 Å². The molecule has 1 aliphatic rings. The van der Waals surface area contributed by atoms with Gasteiger partial charge in [-0.3, -0.25) is 4.79 Å². The molecule has 0 spiro atoms. The van der Waals surface area contributed by atoms with Crippen molar-refractivity contribution in [3.05, 3.63) is 59.0 Å². The SMILES string of the molecule is Fc1ccc(C(F)(F)F)cc1.O=C(O)CCCCCCCCc1ccc2c(n1)NCCC2. The van der Waals surface area contributed by atoms with E-state index in [4.69, 9.17) is 10.1 Å². The van der Waals surface area contributed by atoms with Crippen molar-refractivity contribution < 1.29 is 27.5 Å². The minimum atomic E-state index is -4.38. The van der Waals surface area contributed by atoms with Crippen LogP contribution in [0.5, 0.6) is 0 Å². The van der Waals surface area contributed by atoms with Gasteiger partial charge in [0, 0.05) is 18.7 Å². The number of pyridine rings is 1. The predicted octanol–water partition coefficient (Wildman–Crippen LogP) is 6.64. The van der Waals surface area contributed by atoms with Gasteiger partial charge >= 0.3 is 12.1 Å². The number of carboxylic acid groups (broad SMARTS) is 1. The zero-order valence-corrected chi connectivity index (χ0v) is 18.1. The Labute approximate surface area is 186 Å². The maximum atomic E-state index is 12.1. The van der Waals surface area contributed by atoms with Gasteiger partial charge in [-0.05, 0) is 68.0 Å². The van der Waals surface area contributed by atoms with Crippen molar-refractivity contribution >= 4 is 11.8 Å². The summed E-state index contributed by atoms with van der Waals surface area (Å²) >= 11 is 0. The number of carbonyl (C=O) groups is 1. The number of aliphatic carboxylic acids is 1. The van der Waals surface area contributed by atoms with Crippen LogP contribution in [0.15, 0.2) is 36.4 Å². The number of hydrogen-bond acceptors (Lipinski definition) is 3. The van der Waals surface area contributed by atoms with Crippen LogP contribution in [-0.4, -0.2) is 22.6 Å². The number of aryl methyl sites for hydroxylation is 2. The average molecular weight is 455 g/mol. The van der Waals surface area contributed by atoms with Crippen LogP contribution in [-0.2, 0) is 23.8 Å². The first-order valence-corrected chi connectivity index (χ1v) is 11.0. The van der Waals surface area contributed by atoms with Gasteiger partial charge in [-0.25, -0.2) is 9.37 Å². The van der Waals surface area contributed by atoms with Crippen molar-refractivity contribution in [1.82, 2.24) is 4.98 Å². The number of nitrogens with zero attached hydrogens (tertiary/aromatic N) is 1. The first kappa shape index (κ1) is 25.6. The first-order valence-electron chi connectivity index (χ1n) is 11.0. The van der Waals surface area contributed by atoms with E-state index in [1.807, 2.05) is 0 Å². The smallest absolute Gasteiger partial charge is 0.416 e. The fraction of sp³-hybridized carbons (Fsp3) is 0.500. The lowest BCUT2D eigenvalue weighted by Crippen LogP contribution is -2.13. The zero-order chi connectivity index (χ0) is 23.4. The van der Waals surface area contributed by atoms with Crippen LogP contribution in [0, 0.1) is 5.82 Å². The van der Waals surface area contributed by atoms with E-state index >= 15 is 0 Å². The summed E-state index contributed by atoms with van der Waals surface area (Å²) in [5.41, 5.74) is 1.70. The third kappa shape index (κ3) is 9.66. The highest BCUT2D eigenvalue weighted by Gasteiger charge is 2.29. The average Bonchev–Trinajstić information content (AvgIpc) is 2.75. The molecular formula is C24H30F4N2O2. The molecule has 0 aliphatic carbocycles. The van der Waals surface area contributed by atoms with E-state index in [2.05, 4.69) is 17.4 Å². The summed E-state index contributed by atoms with van der Waals surface area (Å²) in [6.07, 6.45) is 5.89. The van der Waals surface area contributed by atoms with E-state index < -0.39 is 23.5 Å². The molecular weight excluding hydrogens is 424 g/mol. The Kier molecular flexibility index (Phi) is 10.4.